The smallest absolute Gasteiger partial charge is 0.293 e. The zero-order chi connectivity index (χ0) is 14.3. The lowest BCUT2D eigenvalue weighted by Gasteiger charge is -1.98. The Bertz CT molecular complexity index is 809. The molecule has 2 aromatic heterocycles. The van der Waals surface area contributed by atoms with Gasteiger partial charge in [-0.2, -0.15) is 0 Å². The molecule has 0 saturated carbocycles. The van der Waals surface area contributed by atoms with Gasteiger partial charge in [-0.15, -0.1) is 10.2 Å². The van der Waals surface area contributed by atoms with Gasteiger partial charge in [0.25, 0.3) is 5.91 Å². The summed E-state index contributed by atoms with van der Waals surface area (Å²) in [6.07, 6.45) is 0. The van der Waals surface area contributed by atoms with Gasteiger partial charge in [-0.05, 0) is 32.0 Å². The number of nitrogens with zero attached hydrogens (tertiary/aromatic N) is 2. The molecule has 3 aromatic rings. The SMILES string of the molecule is Cc1nnc(NC(=O)c2oc3ccc(F)cc3c2C)s1. The molecule has 3 rings (SSSR count). The van der Waals surface area contributed by atoms with Gasteiger partial charge in [-0.1, -0.05) is 11.3 Å². The molecule has 0 unspecified atom stereocenters. The first kappa shape index (κ1) is 12.7. The Hall–Kier alpha value is -2.28. The number of aryl methyl sites for hydroxylation is 2. The third-order valence-corrected chi connectivity index (χ3v) is 3.61. The molecule has 0 aliphatic rings. The molecule has 2 heterocycles. The summed E-state index contributed by atoms with van der Waals surface area (Å²) in [6, 6.07) is 4.14. The highest BCUT2D eigenvalue weighted by molar-refractivity contribution is 7.15. The van der Waals surface area contributed by atoms with Gasteiger partial charge in [0.05, 0.1) is 0 Å². The van der Waals surface area contributed by atoms with Crippen molar-refractivity contribution in [2.75, 3.05) is 5.32 Å². The summed E-state index contributed by atoms with van der Waals surface area (Å²) in [5.41, 5.74) is 1.07. The average Bonchev–Trinajstić information content (AvgIpc) is 2.94. The molecule has 1 amide bonds. The number of fused-ring (bicyclic) bond motifs is 1. The van der Waals surface area contributed by atoms with Crippen LogP contribution in [0.4, 0.5) is 9.52 Å². The van der Waals surface area contributed by atoms with Crippen LogP contribution < -0.4 is 5.32 Å². The predicted octanol–water partition coefficient (Wildman–Crippen LogP) is 3.29. The minimum atomic E-state index is -0.421. The van der Waals surface area contributed by atoms with Gasteiger partial charge in [-0.25, -0.2) is 4.39 Å². The molecular weight excluding hydrogens is 281 g/mol. The summed E-state index contributed by atoms with van der Waals surface area (Å²) in [7, 11) is 0. The molecule has 1 aromatic carbocycles. The summed E-state index contributed by atoms with van der Waals surface area (Å²) in [4.78, 5) is 12.1. The third-order valence-electron chi connectivity index (χ3n) is 2.85. The number of rotatable bonds is 2. The fourth-order valence-electron chi connectivity index (χ4n) is 1.91. The highest BCUT2D eigenvalue weighted by atomic mass is 32.1. The van der Waals surface area contributed by atoms with E-state index in [4.69, 9.17) is 4.42 Å². The molecule has 0 fully saturated rings. The van der Waals surface area contributed by atoms with E-state index < -0.39 is 5.91 Å². The van der Waals surface area contributed by atoms with Crippen molar-refractivity contribution in [1.29, 1.82) is 0 Å². The number of benzene rings is 1. The normalized spacial score (nSPS) is 10.9. The van der Waals surface area contributed by atoms with Crippen LogP contribution >= 0.6 is 11.3 Å². The van der Waals surface area contributed by atoms with E-state index in [-0.39, 0.29) is 11.6 Å². The molecule has 0 saturated heterocycles. The Morgan fingerprint density at radius 1 is 1.35 bits per heavy atom. The number of hydrogen-bond acceptors (Lipinski definition) is 5. The predicted molar refractivity (Wildman–Crippen MR) is 73.5 cm³/mol. The second-order valence-corrected chi connectivity index (χ2v) is 5.46. The molecule has 0 radical (unpaired) electrons. The van der Waals surface area contributed by atoms with Gasteiger partial charge >= 0.3 is 0 Å². The van der Waals surface area contributed by atoms with Crippen LogP contribution in [-0.2, 0) is 0 Å². The summed E-state index contributed by atoms with van der Waals surface area (Å²) >= 11 is 1.27. The average molecular weight is 291 g/mol. The number of amides is 1. The van der Waals surface area contributed by atoms with Crippen molar-refractivity contribution in [3.63, 3.8) is 0 Å². The zero-order valence-corrected chi connectivity index (χ0v) is 11.5. The maximum absolute atomic E-state index is 13.2. The molecule has 0 aliphatic heterocycles. The maximum atomic E-state index is 13.2. The lowest BCUT2D eigenvalue weighted by atomic mass is 10.1. The first-order chi connectivity index (χ1) is 9.54. The number of furan rings is 1. The van der Waals surface area contributed by atoms with Crippen LogP contribution in [0, 0.1) is 19.7 Å². The number of carbonyl (C=O) groups is 1. The van der Waals surface area contributed by atoms with Crippen molar-refractivity contribution in [3.8, 4) is 0 Å². The molecule has 102 valence electrons. The second-order valence-electron chi connectivity index (χ2n) is 4.28. The molecule has 0 atom stereocenters. The lowest BCUT2D eigenvalue weighted by molar-refractivity contribution is 0.0998. The Labute approximate surface area is 117 Å². The topological polar surface area (TPSA) is 68.0 Å². The van der Waals surface area contributed by atoms with Gasteiger partial charge in [0, 0.05) is 10.9 Å². The van der Waals surface area contributed by atoms with Gasteiger partial charge < -0.3 is 4.42 Å². The number of aromatic nitrogens is 2. The molecule has 20 heavy (non-hydrogen) atoms. The van der Waals surface area contributed by atoms with E-state index >= 15 is 0 Å². The number of nitrogens with one attached hydrogen (secondary N) is 1. The van der Waals surface area contributed by atoms with E-state index in [9.17, 15) is 9.18 Å². The summed E-state index contributed by atoms with van der Waals surface area (Å²) in [5, 5.41) is 12.0. The largest absolute Gasteiger partial charge is 0.451 e. The van der Waals surface area contributed by atoms with E-state index in [1.54, 1.807) is 13.8 Å². The molecule has 0 aliphatic carbocycles. The van der Waals surface area contributed by atoms with Crippen LogP contribution in [0.25, 0.3) is 11.0 Å². The summed E-state index contributed by atoms with van der Waals surface area (Å²) in [6.45, 7) is 3.51. The number of carbonyl (C=O) groups excluding carboxylic acids is 1. The summed E-state index contributed by atoms with van der Waals surface area (Å²) in [5.74, 6) is -0.637. The van der Waals surface area contributed by atoms with E-state index in [2.05, 4.69) is 15.5 Å². The van der Waals surface area contributed by atoms with E-state index in [1.165, 1.54) is 29.5 Å². The minimum absolute atomic E-state index is 0.151. The van der Waals surface area contributed by atoms with E-state index in [1.807, 2.05) is 0 Å². The van der Waals surface area contributed by atoms with Crippen LogP contribution in [0.5, 0.6) is 0 Å². The third kappa shape index (κ3) is 2.16. The highest BCUT2D eigenvalue weighted by Gasteiger charge is 2.19. The van der Waals surface area contributed by atoms with Crippen molar-refractivity contribution < 1.29 is 13.6 Å². The molecular formula is C13H10FN3O2S. The first-order valence-electron chi connectivity index (χ1n) is 5.84. The molecule has 1 N–H and O–H groups in total. The molecule has 0 spiro atoms. The number of halogens is 1. The Balaban J connectivity index is 1.97. The molecule has 7 heteroatoms. The summed E-state index contributed by atoms with van der Waals surface area (Å²) < 4.78 is 18.7. The Kier molecular flexibility index (Phi) is 2.98. The van der Waals surface area contributed by atoms with Crippen molar-refractivity contribution in [2.45, 2.75) is 13.8 Å². The van der Waals surface area contributed by atoms with Crippen LogP contribution in [-0.4, -0.2) is 16.1 Å². The zero-order valence-electron chi connectivity index (χ0n) is 10.7. The fraction of sp³-hybridized carbons (Fsp3) is 0.154. The standard InChI is InChI=1S/C13H10FN3O2S/c1-6-9-5-8(14)3-4-10(9)19-11(6)12(18)15-13-17-16-7(2)20-13/h3-5H,1-2H3,(H,15,17,18). The second kappa shape index (κ2) is 4.68. The highest BCUT2D eigenvalue weighted by Crippen LogP contribution is 2.27. The molecule has 5 nitrogen and oxygen atoms in total. The van der Waals surface area contributed by atoms with Gasteiger partial charge in [-0.3, -0.25) is 10.1 Å². The Morgan fingerprint density at radius 2 is 2.15 bits per heavy atom. The minimum Gasteiger partial charge on any atom is -0.451 e. The van der Waals surface area contributed by atoms with Crippen LogP contribution in [0.3, 0.4) is 0 Å². The van der Waals surface area contributed by atoms with E-state index in [0.717, 1.165) is 5.01 Å². The monoisotopic (exact) mass is 291 g/mol. The van der Waals surface area contributed by atoms with Crippen LogP contribution in [0.15, 0.2) is 22.6 Å². The van der Waals surface area contributed by atoms with Crippen molar-refractivity contribution in [2.24, 2.45) is 0 Å². The quantitative estimate of drug-likeness (QED) is 0.786. The Morgan fingerprint density at radius 3 is 2.85 bits per heavy atom. The number of anilines is 1. The van der Waals surface area contributed by atoms with Gasteiger partial charge in [0.1, 0.15) is 16.4 Å². The van der Waals surface area contributed by atoms with Crippen molar-refractivity contribution in [3.05, 3.63) is 40.3 Å². The van der Waals surface area contributed by atoms with Gasteiger partial charge in [0.2, 0.25) is 5.13 Å². The first-order valence-corrected chi connectivity index (χ1v) is 6.66. The maximum Gasteiger partial charge on any atom is 0.293 e. The number of hydrogen-bond donors (Lipinski definition) is 1. The van der Waals surface area contributed by atoms with Crippen LogP contribution in [0.1, 0.15) is 21.1 Å². The van der Waals surface area contributed by atoms with Crippen molar-refractivity contribution >= 4 is 33.3 Å². The molecule has 0 bridgehead atoms. The van der Waals surface area contributed by atoms with Crippen molar-refractivity contribution in [1.82, 2.24) is 10.2 Å². The lowest BCUT2D eigenvalue weighted by Crippen LogP contribution is -2.11. The fourth-order valence-corrected chi connectivity index (χ4v) is 2.50. The van der Waals surface area contributed by atoms with E-state index in [0.29, 0.717) is 21.7 Å². The van der Waals surface area contributed by atoms with Crippen LogP contribution in [0.2, 0.25) is 0 Å². The van der Waals surface area contributed by atoms with Gasteiger partial charge in [0.15, 0.2) is 5.76 Å².